The lowest BCUT2D eigenvalue weighted by molar-refractivity contribution is -0.128. The smallest absolute Gasteiger partial charge is 0.225 e. The first-order chi connectivity index (χ1) is 4.98. The fourth-order valence-electron chi connectivity index (χ4n) is 0.497. The fraction of sp³-hybridized carbons (Fsp3) is 0.750. The molecule has 3 heteroatoms. The molecular weight excluding hydrogens is 140 g/mol. The first-order valence-electron chi connectivity index (χ1n) is 3.63. The van der Waals surface area contributed by atoms with E-state index in [9.17, 15) is 4.79 Å². The van der Waals surface area contributed by atoms with Gasteiger partial charge < -0.3 is 5.32 Å². The average molecular weight is 154 g/mol. The molecule has 0 radical (unpaired) electrons. The highest BCUT2D eigenvalue weighted by atomic mass is 16.2. The maximum Gasteiger partial charge on any atom is 0.225 e. The minimum Gasteiger partial charge on any atom is -0.355 e. The summed E-state index contributed by atoms with van der Waals surface area (Å²) in [7, 11) is 0. The van der Waals surface area contributed by atoms with E-state index in [1.807, 2.05) is 26.8 Å². The summed E-state index contributed by atoms with van der Waals surface area (Å²) in [6.07, 6.45) is 0.377. The summed E-state index contributed by atoms with van der Waals surface area (Å²) in [5, 5.41) is 10.8. The van der Waals surface area contributed by atoms with Crippen molar-refractivity contribution in [1.29, 1.82) is 5.26 Å². The number of nitriles is 1. The minimum absolute atomic E-state index is 0.00671. The Morgan fingerprint density at radius 1 is 1.55 bits per heavy atom. The molecule has 0 rings (SSSR count). The average Bonchev–Trinajstić information content (AvgIpc) is 1.86. The molecule has 0 spiro atoms. The van der Waals surface area contributed by atoms with Gasteiger partial charge in [-0.15, -0.1) is 0 Å². The summed E-state index contributed by atoms with van der Waals surface area (Å²) in [5.74, 6) is -0.00671. The summed E-state index contributed by atoms with van der Waals surface area (Å²) < 4.78 is 0. The Morgan fingerprint density at radius 3 is 2.45 bits per heavy atom. The van der Waals surface area contributed by atoms with Crippen LogP contribution in [0.5, 0.6) is 0 Å². The van der Waals surface area contributed by atoms with Gasteiger partial charge in [0.05, 0.1) is 12.5 Å². The van der Waals surface area contributed by atoms with Crippen molar-refractivity contribution in [3.05, 3.63) is 0 Å². The van der Waals surface area contributed by atoms with E-state index in [-0.39, 0.29) is 11.3 Å². The van der Waals surface area contributed by atoms with Crippen molar-refractivity contribution in [3.63, 3.8) is 0 Å². The largest absolute Gasteiger partial charge is 0.355 e. The Balaban J connectivity index is 3.64. The molecule has 0 aromatic heterocycles. The molecule has 0 saturated carbocycles. The van der Waals surface area contributed by atoms with Gasteiger partial charge in [-0.3, -0.25) is 4.79 Å². The van der Waals surface area contributed by atoms with Crippen LogP contribution in [-0.4, -0.2) is 12.5 Å². The lowest BCUT2D eigenvalue weighted by Gasteiger charge is -2.16. The van der Waals surface area contributed by atoms with E-state index >= 15 is 0 Å². The molecule has 0 fully saturated rings. The summed E-state index contributed by atoms with van der Waals surface area (Å²) in [5.41, 5.74) is -0.352. The Labute approximate surface area is 67.4 Å². The summed E-state index contributed by atoms with van der Waals surface area (Å²) in [4.78, 5) is 11.1. The third kappa shape index (κ3) is 4.38. The monoisotopic (exact) mass is 154 g/mol. The number of amides is 1. The first-order valence-corrected chi connectivity index (χ1v) is 3.63. The molecule has 62 valence electrons. The van der Waals surface area contributed by atoms with Crippen molar-refractivity contribution >= 4 is 5.91 Å². The second-order valence-electron chi connectivity index (χ2n) is 3.41. The molecule has 0 atom stereocenters. The van der Waals surface area contributed by atoms with E-state index < -0.39 is 0 Å². The Bertz CT molecular complexity index is 174. The van der Waals surface area contributed by atoms with Crippen molar-refractivity contribution in [1.82, 2.24) is 5.32 Å². The third-order valence-corrected chi connectivity index (χ3v) is 1.20. The van der Waals surface area contributed by atoms with Crippen molar-refractivity contribution in [2.24, 2.45) is 5.41 Å². The molecular formula is C8H14N2O. The topological polar surface area (TPSA) is 52.9 Å². The van der Waals surface area contributed by atoms with Crippen molar-refractivity contribution < 1.29 is 4.79 Å². The highest BCUT2D eigenvalue weighted by molar-refractivity contribution is 5.81. The highest BCUT2D eigenvalue weighted by Crippen LogP contribution is 2.11. The van der Waals surface area contributed by atoms with Crippen LogP contribution >= 0.6 is 0 Å². The predicted molar refractivity (Wildman–Crippen MR) is 42.7 cm³/mol. The van der Waals surface area contributed by atoms with Crippen LogP contribution in [0.15, 0.2) is 0 Å². The van der Waals surface area contributed by atoms with Crippen LogP contribution in [-0.2, 0) is 4.79 Å². The van der Waals surface area contributed by atoms with E-state index in [0.717, 1.165) is 0 Å². The van der Waals surface area contributed by atoms with Crippen LogP contribution in [0.3, 0.4) is 0 Å². The molecule has 0 heterocycles. The van der Waals surface area contributed by atoms with E-state index in [4.69, 9.17) is 5.26 Å². The second-order valence-corrected chi connectivity index (χ2v) is 3.41. The standard InChI is InChI=1S/C8H14N2O/c1-8(2,3)7(11)10-6-4-5-9/h4,6H2,1-3H3,(H,10,11). The molecule has 0 aliphatic heterocycles. The number of rotatable bonds is 2. The zero-order valence-electron chi connectivity index (χ0n) is 7.27. The van der Waals surface area contributed by atoms with Crippen molar-refractivity contribution in [2.75, 3.05) is 6.54 Å². The Kier molecular flexibility index (Phi) is 3.59. The molecule has 0 aliphatic rings. The van der Waals surface area contributed by atoms with Gasteiger partial charge in [0.1, 0.15) is 0 Å². The molecule has 0 aromatic carbocycles. The van der Waals surface area contributed by atoms with Gasteiger partial charge in [0.15, 0.2) is 0 Å². The number of nitrogens with zero attached hydrogens (tertiary/aromatic N) is 1. The van der Waals surface area contributed by atoms with Gasteiger partial charge in [0.2, 0.25) is 5.91 Å². The predicted octanol–water partition coefficient (Wildman–Crippen LogP) is 1.06. The van der Waals surface area contributed by atoms with Gasteiger partial charge in [-0.2, -0.15) is 5.26 Å². The minimum atomic E-state index is -0.352. The summed E-state index contributed by atoms with van der Waals surface area (Å²) in [6.45, 7) is 5.98. The second kappa shape index (κ2) is 3.97. The fourth-order valence-corrected chi connectivity index (χ4v) is 0.497. The van der Waals surface area contributed by atoms with Crippen LogP contribution in [0.1, 0.15) is 27.2 Å². The van der Waals surface area contributed by atoms with Crippen LogP contribution in [0.25, 0.3) is 0 Å². The lowest BCUT2D eigenvalue weighted by Crippen LogP contribution is -2.35. The molecule has 11 heavy (non-hydrogen) atoms. The SMILES string of the molecule is CC(C)(C)C(=O)NCCC#N. The van der Waals surface area contributed by atoms with Gasteiger partial charge in [-0.25, -0.2) is 0 Å². The number of carbonyl (C=O) groups excluding carboxylic acids is 1. The zero-order valence-corrected chi connectivity index (χ0v) is 7.27. The number of hydrogen-bond donors (Lipinski definition) is 1. The highest BCUT2D eigenvalue weighted by Gasteiger charge is 2.19. The summed E-state index contributed by atoms with van der Waals surface area (Å²) >= 11 is 0. The quantitative estimate of drug-likeness (QED) is 0.605. The molecule has 0 unspecified atom stereocenters. The summed E-state index contributed by atoms with van der Waals surface area (Å²) in [6, 6.07) is 1.96. The third-order valence-electron chi connectivity index (χ3n) is 1.20. The van der Waals surface area contributed by atoms with Gasteiger partial charge >= 0.3 is 0 Å². The van der Waals surface area contributed by atoms with Gasteiger partial charge in [-0.05, 0) is 0 Å². The molecule has 0 saturated heterocycles. The van der Waals surface area contributed by atoms with Crippen LogP contribution in [0.4, 0.5) is 0 Å². The van der Waals surface area contributed by atoms with Crippen LogP contribution < -0.4 is 5.32 Å². The van der Waals surface area contributed by atoms with Crippen LogP contribution in [0, 0.1) is 16.7 Å². The van der Waals surface area contributed by atoms with Crippen molar-refractivity contribution in [2.45, 2.75) is 27.2 Å². The van der Waals surface area contributed by atoms with E-state index in [2.05, 4.69) is 5.32 Å². The normalized spacial score (nSPS) is 10.4. The van der Waals surface area contributed by atoms with E-state index in [1.165, 1.54) is 0 Å². The molecule has 1 N–H and O–H groups in total. The molecule has 1 amide bonds. The van der Waals surface area contributed by atoms with Crippen molar-refractivity contribution in [3.8, 4) is 6.07 Å². The van der Waals surface area contributed by atoms with Crippen LogP contribution in [0.2, 0.25) is 0 Å². The maximum absolute atomic E-state index is 11.1. The Morgan fingerprint density at radius 2 is 2.09 bits per heavy atom. The Hall–Kier alpha value is -1.04. The van der Waals surface area contributed by atoms with Gasteiger partial charge in [-0.1, -0.05) is 20.8 Å². The van der Waals surface area contributed by atoms with E-state index in [0.29, 0.717) is 13.0 Å². The maximum atomic E-state index is 11.1. The van der Waals surface area contributed by atoms with E-state index in [1.54, 1.807) is 0 Å². The van der Waals surface area contributed by atoms with Gasteiger partial charge in [0, 0.05) is 12.0 Å². The number of hydrogen-bond acceptors (Lipinski definition) is 2. The zero-order chi connectivity index (χ0) is 8.91. The molecule has 0 aromatic rings. The first kappa shape index (κ1) is 9.96. The lowest BCUT2D eigenvalue weighted by atomic mass is 9.96. The molecule has 0 bridgehead atoms. The number of nitrogens with one attached hydrogen (secondary N) is 1. The molecule has 0 aliphatic carbocycles. The van der Waals surface area contributed by atoms with Gasteiger partial charge in [0.25, 0.3) is 0 Å². The number of carbonyl (C=O) groups is 1. The molecule has 3 nitrogen and oxygen atoms in total.